The van der Waals surface area contributed by atoms with Crippen molar-refractivity contribution in [3.05, 3.63) is 83.7 Å². The number of aromatic nitrogens is 2. The van der Waals surface area contributed by atoms with E-state index >= 15 is 0 Å². The van der Waals surface area contributed by atoms with Crippen LogP contribution in [0.1, 0.15) is 15.9 Å². The SMILES string of the molecule is NC(=O)c1cccnc1-c1cc(-c2ccnc3c(F)c(C(F)(F)F)ccc23)ccc1F. The number of alkyl halides is 3. The largest absolute Gasteiger partial charge is 0.419 e. The van der Waals surface area contributed by atoms with Gasteiger partial charge in [0.2, 0.25) is 0 Å². The van der Waals surface area contributed by atoms with Crippen molar-refractivity contribution in [3.8, 4) is 22.4 Å². The molecule has 0 fully saturated rings. The Bertz CT molecular complexity index is 1330. The topological polar surface area (TPSA) is 68.9 Å². The number of fused-ring (bicyclic) bond motifs is 1. The van der Waals surface area contributed by atoms with Gasteiger partial charge in [0, 0.05) is 23.3 Å². The molecule has 2 aromatic carbocycles. The molecule has 2 aromatic heterocycles. The summed E-state index contributed by atoms with van der Waals surface area (Å²) < 4.78 is 68.2. The van der Waals surface area contributed by atoms with E-state index in [-0.39, 0.29) is 22.2 Å². The first-order chi connectivity index (χ1) is 14.7. The molecule has 2 N–H and O–H groups in total. The Morgan fingerprint density at radius 3 is 2.39 bits per heavy atom. The number of pyridine rings is 2. The first kappa shape index (κ1) is 20.4. The fraction of sp³-hybridized carbons (Fsp3) is 0.0455. The Morgan fingerprint density at radius 2 is 1.68 bits per heavy atom. The van der Waals surface area contributed by atoms with Crippen LogP contribution >= 0.6 is 0 Å². The van der Waals surface area contributed by atoms with Gasteiger partial charge in [-0.2, -0.15) is 13.2 Å². The predicted molar refractivity (Wildman–Crippen MR) is 104 cm³/mol. The smallest absolute Gasteiger partial charge is 0.366 e. The first-order valence-corrected chi connectivity index (χ1v) is 8.88. The second kappa shape index (κ2) is 7.42. The third kappa shape index (κ3) is 3.58. The number of carbonyl (C=O) groups is 1. The normalized spacial score (nSPS) is 11.6. The van der Waals surface area contributed by atoms with Crippen LogP contribution in [0.4, 0.5) is 22.0 Å². The van der Waals surface area contributed by atoms with Crippen molar-refractivity contribution in [1.29, 1.82) is 0 Å². The van der Waals surface area contributed by atoms with Gasteiger partial charge in [-0.3, -0.25) is 14.8 Å². The summed E-state index contributed by atoms with van der Waals surface area (Å²) in [4.78, 5) is 19.5. The summed E-state index contributed by atoms with van der Waals surface area (Å²) in [6.07, 6.45) is -2.34. The lowest BCUT2D eigenvalue weighted by molar-refractivity contribution is -0.139. The average molecular weight is 429 g/mol. The third-order valence-electron chi connectivity index (χ3n) is 4.76. The Morgan fingerprint density at radius 1 is 0.903 bits per heavy atom. The molecule has 0 saturated heterocycles. The van der Waals surface area contributed by atoms with Crippen molar-refractivity contribution < 1.29 is 26.7 Å². The Hall–Kier alpha value is -3.88. The van der Waals surface area contributed by atoms with Crippen LogP contribution in [0.5, 0.6) is 0 Å². The molecule has 0 unspecified atom stereocenters. The molecule has 4 nitrogen and oxygen atoms in total. The minimum Gasteiger partial charge on any atom is -0.366 e. The van der Waals surface area contributed by atoms with Crippen molar-refractivity contribution >= 4 is 16.8 Å². The summed E-state index contributed by atoms with van der Waals surface area (Å²) in [6, 6.07) is 9.97. The minimum atomic E-state index is -4.87. The van der Waals surface area contributed by atoms with Crippen molar-refractivity contribution in [1.82, 2.24) is 9.97 Å². The van der Waals surface area contributed by atoms with Crippen LogP contribution in [0.25, 0.3) is 33.3 Å². The fourth-order valence-electron chi connectivity index (χ4n) is 3.35. The molecule has 0 aliphatic rings. The predicted octanol–water partition coefficient (Wildman–Crippen LogP) is 5.36. The summed E-state index contributed by atoms with van der Waals surface area (Å²) in [5, 5.41) is 0.113. The molecule has 9 heteroatoms. The number of rotatable bonds is 3. The van der Waals surface area contributed by atoms with Gasteiger partial charge in [-0.15, -0.1) is 0 Å². The van der Waals surface area contributed by atoms with Gasteiger partial charge < -0.3 is 5.73 Å². The second-order valence-electron chi connectivity index (χ2n) is 6.64. The lowest BCUT2D eigenvalue weighted by Crippen LogP contribution is -2.13. The molecule has 2 heterocycles. The van der Waals surface area contributed by atoms with Crippen LogP contribution in [0.15, 0.2) is 60.9 Å². The molecule has 4 aromatic rings. The lowest BCUT2D eigenvalue weighted by atomic mass is 9.96. The molecule has 0 spiro atoms. The molecular weight excluding hydrogens is 417 g/mol. The molecule has 0 atom stereocenters. The molecular formula is C22H12F5N3O. The van der Waals surface area contributed by atoms with Crippen molar-refractivity contribution in [2.45, 2.75) is 6.18 Å². The number of nitrogens with two attached hydrogens (primary N) is 1. The number of amides is 1. The van der Waals surface area contributed by atoms with E-state index in [0.717, 1.165) is 12.1 Å². The van der Waals surface area contributed by atoms with Gasteiger partial charge in [0.25, 0.3) is 5.91 Å². The van der Waals surface area contributed by atoms with Gasteiger partial charge in [0.15, 0.2) is 5.82 Å². The van der Waals surface area contributed by atoms with Crippen LogP contribution < -0.4 is 5.73 Å². The highest BCUT2D eigenvalue weighted by molar-refractivity contribution is 6.00. The Labute approximate surface area is 172 Å². The highest BCUT2D eigenvalue weighted by atomic mass is 19.4. The highest BCUT2D eigenvalue weighted by Crippen LogP contribution is 2.37. The number of benzene rings is 2. The third-order valence-corrected chi connectivity index (χ3v) is 4.76. The number of nitrogens with zero attached hydrogens (tertiary/aromatic N) is 2. The molecule has 0 radical (unpaired) electrons. The Balaban J connectivity index is 1.94. The molecule has 0 aliphatic carbocycles. The number of primary amides is 1. The number of hydrogen-bond acceptors (Lipinski definition) is 3. The van der Waals surface area contributed by atoms with Gasteiger partial charge in [-0.25, -0.2) is 8.78 Å². The number of carbonyl (C=O) groups excluding carboxylic acids is 1. The van der Waals surface area contributed by atoms with E-state index < -0.39 is 34.8 Å². The van der Waals surface area contributed by atoms with Crippen LogP contribution in [-0.4, -0.2) is 15.9 Å². The van der Waals surface area contributed by atoms with Crippen LogP contribution in [0.3, 0.4) is 0 Å². The molecule has 156 valence electrons. The minimum absolute atomic E-state index is 0.000926. The van der Waals surface area contributed by atoms with Crippen LogP contribution in [0.2, 0.25) is 0 Å². The zero-order valence-corrected chi connectivity index (χ0v) is 15.5. The van der Waals surface area contributed by atoms with E-state index in [1.54, 1.807) is 0 Å². The van der Waals surface area contributed by atoms with Crippen LogP contribution in [-0.2, 0) is 6.18 Å². The average Bonchev–Trinajstić information content (AvgIpc) is 2.73. The molecule has 0 saturated carbocycles. The summed E-state index contributed by atoms with van der Waals surface area (Å²) >= 11 is 0. The number of hydrogen-bond donors (Lipinski definition) is 1. The van der Waals surface area contributed by atoms with Crippen molar-refractivity contribution in [3.63, 3.8) is 0 Å². The van der Waals surface area contributed by atoms with Gasteiger partial charge >= 0.3 is 6.18 Å². The fourth-order valence-corrected chi connectivity index (χ4v) is 3.35. The van der Waals surface area contributed by atoms with E-state index in [1.165, 1.54) is 42.7 Å². The Kier molecular flexibility index (Phi) is 4.88. The molecule has 1 amide bonds. The van der Waals surface area contributed by atoms with Gasteiger partial charge in [-0.05, 0) is 47.5 Å². The van der Waals surface area contributed by atoms with Crippen molar-refractivity contribution in [2.75, 3.05) is 0 Å². The van der Waals surface area contributed by atoms with E-state index in [0.29, 0.717) is 17.2 Å². The van der Waals surface area contributed by atoms with Crippen molar-refractivity contribution in [2.24, 2.45) is 5.73 Å². The lowest BCUT2D eigenvalue weighted by Gasteiger charge is -2.13. The molecule has 0 aliphatic heterocycles. The maximum Gasteiger partial charge on any atom is 0.419 e. The molecule has 0 bridgehead atoms. The maximum atomic E-state index is 14.6. The molecule has 4 rings (SSSR count). The summed E-state index contributed by atoms with van der Waals surface area (Å²) in [7, 11) is 0. The quantitative estimate of drug-likeness (QED) is 0.446. The standard InChI is InChI=1S/C22H12F5N3O/c23-17-6-3-11(10-15(17)19-14(21(28)31)2-1-8-29-19)12-7-9-30-20-13(12)4-5-16(18(20)24)22(25,26)27/h1-10H,(H2,28,31). The zero-order valence-electron chi connectivity index (χ0n) is 15.5. The van der Waals surface area contributed by atoms with Gasteiger partial charge in [0.05, 0.1) is 16.8 Å². The summed E-state index contributed by atoms with van der Waals surface area (Å²) in [5.74, 6) is -2.98. The zero-order chi connectivity index (χ0) is 22.3. The van der Waals surface area contributed by atoms with E-state index in [2.05, 4.69) is 9.97 Å². The number of halogens is 5. The molecule has 31 heavy (non-hydrogen) atoms. The van der Waals surface area contributed by atoms with Gasteiger partial charge in [0.1, 0.15) is 11.3 Å². The monoisotopic (exact) mass is 429 g/mol. The van der Waals surface area contributed by atoms with Gasteiger partial charge in [-0.1, -0.05) is 12.1 Å². The highest BCUT2D eigenvalue weighted by Gasteiger charge is 2.35. The second-order valence-corrected chi connectivity index (χ2v) is 6.64. The van der Waals surface area contributed by atoms with Crippen LogP contribution in [0, 0.1) is 11.6 Å². The summed E-state index contributed by atoms with van der Waals surface area (Å²) in [5.41, 5.74) is 4.12. The van der Waals surface area contributed by atoms with E-state index in [1.807, 2.05) is 0 Å². The maximum absolute atomic E-state index is 14.6. The van der Waals surface area contributed by atoms with E-state index in [4.69, 9.17) is 5.73 Å². The first-order valence-electron chi connectivity index (χ1n) is 8.88. The van der Waals surface area contributed by atoms with E-state index in [9.17, 15) is 26.7 Å². The summed E-state index contributed by atoms with van der Waals surface area (Å²) in [6.45, 7) is 0.